The van der Waals surface area contributed by atoms with Gasteiger partial charge in [0.1, 0.15) is 18.3 Å². The molecule has 0 amide bonds. The van der Waals surface area contributed by atoms with Crippen molar-refractivity contribution >= 4 is 0 Å². The average molecular weight is 384 g/mol. The summed E-state index contributed by atoms with van der Waals surface area (Å²) in [6.45, 7) is 5.45. The molecule has 0 spiro atoms. The van der Waals surface area contributed by atoms with Crippen molar-refractivity contribution in [3.8, 4) is 0 Å². The van der Waals surface area contributed by atoms with Crippen molar-refractivity contribution in [3.63, 3.8) is 0 Å². The summed E-state index contributed by atoms with van der Waals surface area (Å²) in [5, 5.41) is 0. The predicted octanol–water partition coefficient (Wildman–Crippen LogP) is 3.73. The highest BCUT2D eigenvalue weighted by molar-refractivity contribution is 5.14. The second-order valence-corrected chi connectivity index (χ2v) is 6.63. The fourth-order valence-electron chi connectivity index (χ4n) is 3.19. The zero-order chi connectivity index (χ0) is 19.6. The van der Waals surface area contributed by atoms with E-state index < -0.39 is 6.29 Å². The molecule has 3 rings (SSSR count). The molecule has 0 aromatic heterocycles. The van der Waals surface area contributed by atoms with E-state index >= 15 is 0 Å². The van der Waals surface area contributed by atoms with Crippen LogP contribution in [0.1, 0.15) is 11.1 Å². The van der Waals surface area contributed by atoms with Gasteiger partial charge in [0.15, 0.2) is 6.29 Å². The van der Waals surface area contributed by atoms with Crippen LogP contribution in [-0.4, -0.2) is 44.9 Å². The molecule has 150 valence electrons. The molecule has 5 nitrogen and oxygen atoms in total. The molecule has 2 aromatic rings. The normalized spacial score (nSPS) is 24.3. The third-order valence-electron chi connectivity index (χ3n) is 4.59. The van der Waals surface area contributed by atoms with Crippen LogP contribution < -0.4 is 0 Å². The van der Waals surface area contributed by atoms with Crippen LogP contribution in [0.25, 0.3) is 0 Å². The van der Waals surface area contributed by atoms with Gasteiger partial charge >= 0.3 is 0 Å². The van der Waals surface area contributed by atoms with Crippen LogP contribution in [0, 0.1) is 0 Å². The molecular formula is C23H28O5. The summed E-state index contributed by atoms with van der Waals surface area (Å²) in [6, 6.07) is 20.1. The van der Waals surface area contributed by atoms with Crippen molar-refractivity contribution in [2.24, 2.45) is 0 Å². The lowest BCUT2D eigenvalue weighted by atomic mass is 10.1. The van der Waals surface area contributed by atoms with E-state index in [9.17, 15) is 0 Å². The number of rotatable bonds is 11. The first-order valence-corrected chi connectivity index (χ1v) is 9.49. The van der Waals surface area contributed by atoms with Crippen LogP contribution in [0.3, 0.4) is 0 Å². The van der Waals surface area contributed by atoms with E-state index in [4.69, 9.17) is 23.7 Å². The Kier molecular flexibility index (Phi) is 8.21. The molecule has 2 aromatic carbocycles. The molecule has 1 heterocycles. The Morgan fingerprint density at radius 3 is 2.00 bits per heavy atom. The minimum Gasteiger partial charge on any atom is -0.375 e. The second-order valence-electron chi connectivity index (χ2n) is 6.63. The van der Waals surface area contributed by atoms with Gasteiger partial charge in [-0.2, -0.15) is 0 Å². The lowest BCUT2D eigenvalue weighted by molar-refractivity contribution is -0.170. The summed E-state index contributed by atoms with van der Waals surface area (Å²) >= 11 is 0. The van der Waals surface area contributed by atoms with E-state index in [0.717, 1.165) is 11.1 Å². The molecule has 1 saturated heterocycles. The van der Waals surface area contributed by atoms with Gasteiger partial charge in [0.25, 0.3) is 0 Å². The number of hydrogen-bond donors (Lipinski definition) is 0. The van der Waals surface area contributed by atoms with Gasteiger partial charge in [-0.1, -0.05) is 66.7 Å². The Balaban J connectivity index is 1.68. The minimum atomic E-state index is -0.512. The van der Waals surface area contributed by atoms with Crippen molar-refractivity contribution in [1.29, 1.82) is 0 Å². The van der Waals surface area contributed by atoms with Crippen LogP contribution in [0.15, 0.2) is 73.3 Å². The summed E-state index contributed by atoms with van der Waals surface area (Å²) in [7, 11) is 1.62. The third kappa shape index (κ3) is 5.74. The topological polar surface area (TPSA) is 46.2 Å². The number of methoxy groups -OCH3 is 1. The zero-order valence-corrected chi connectivity index (χ0v) is 16.2. The lowest BCUT2D eigenvalue weighted by Crippen LogP contribution is -2.39. The zero-order valence-electron chi connectivity index (χ0n) is 16.2. The summed E-state index contributed by atoms with van der Waals surface area (Å²) in [5.74, 6) is 0. The highest BCUT2D eigenvalue weighted by Gasteiger charge is 2.46. The summed E-state index contributed by atoms with van der Waals surface area (Å²) < 4.78 is 29.6. The van der Waals surface area contributed by atoms with Gasteiger partial charge in [0.2, 0.25) is 0 Å². The van der Waals surface area contributed by atoms with Crippen molar-refractivity contribution in [2.45, 2.75) is 37.8 Å². The van der Waals surface area contributed by atoms with Crippen LogP contribution in [0.2, 0.25) is 0 Å². The Labute approximate surface area is 166 Å². The number of benzene rings is 2. The van der Waals surface area contributed by atoms with Gasteiger partial charge in [0.05, 0.1) is 26.4 Å². The quantitative estimate of drug-likeness (QED) is 0.436. The fourth-order valence-corrected chi connectivity index (χ4v) is 3.19. The van der Waals surface area contributed by atoms with Gasteiger partial charge in [-0.05, 0) is 11.1 Å². The fraction of sp³-hybridized carbons (Fsp3) is 0.391. The summed E-state index contributed by atoms with van der Waals surface area (Å²) in [6.07, 6.45) is 0.257. The van der Waals surface area contributed by atoms with Crippen LogP contribution in [0.5, 0.6) is 0 Å². The van der Waals surface area contributed by atoms with E-state index in [1.54, 1.807) is 13.2 Å². The molecule has 0 bridgehead atoms. The average Bonchev–Trinajstić information content (AvgIpc) is 3.09. The van der Waals surface area contributed by atoms with Crippen molar-refractivity contribution < 1.29 is 23.7 Å². The van der Waals surface area contributed by atoms with Crippen LogP contribution >= 0.6 is 0 Å². The standard InChI is InChI=1S/C23H28O5/c1-3-14-25-17-20-21(26-15-18-10-6-4-7-11-18)22(23(24-2)28-20)27-16-19-12-8-5-9-13-19/h3-13,20-23H,1,14-17H2,2H3/t20-,21+,22+,23+/m1/s1. The SMILES string of the molecule is C=CCOC[C@H]1O[C@H](OC)[C@@H](OCc2ccccc2)[C@H]1OCc1ccccc1. The van der Waals surface area contributed by atoms with Crippen LogP contribution in [0.4, 0.5) is 0 Å². The number of hydrogen-bond acceptors (Lipinski definition) is 5. The first-order valence-electron chi connectivity index (χ1n) is 9.49. The molecule has 1 fully saturated rings. The first-order chi connectivity index (χ1) is 13.8. The first kappa shape index (κ1) is 20.7. The summed E-state index contributed by atoms with van der Waals surface area (Å²) in [4.78, 5) is 0. The molecule has 1 aliphatic rings. The Hall–Kier alpha value is -2.02. The van der Waals surface area contributed by atoms with Gasteiger partial charge in [-0.3, -0.25) is 0 Å². The maximum Gasteiger partial charge on any atom is 0.186 e. The van der Waals surface area contributed by atoms with E-state index in [1.165, 1.54) is 0 Å². The van der Waals surface area contributed by atoms with E-state index in [2.05, 4.69) is 6.58 Å². The van der Waals surface area contributed by atoms with E-state index in [1.807, 2.05) is 60.7 Å². The van der Waals surface area contributed by atoms with Gasteiger partial charge < -0.3 is 23.7 Å². The van der Waals surface area contributed by atoms with E-state index in [0.29, 0.717) is 26.4 Å². The molecule has 0 saturated carbocycles. The highest BCUT2D eigenvalue weighted by Crippen LogP contribution is 2.29. The molecule has 0 radical (unpaired) electrons. The van der Waals surface area contributed by atoms with Crippen LogP contribution in [-0.2, 0) is 36.9 Å². The van der Waals surface area contributed by atoms with E-state index in [-0.39, 0.29) is 18.3 Å². The van der Waals surface area contributed by atoms with Crippen molar-refractivity contribution in [1.82, 2.24) is 0 Å². The van der Waals surface area contributed by atoms with Crippen molar-refractivity contribution in [2.75, 3.05) is 20.3 Å². The largest absolute Gasteiger partial charge is 0.375 e. The predicted molar refractivity (Wildman–Crippen MR) is 107 cm³/mol. The maximum absolute atomic E-state index is 6.23. The van der Waals surface area contributed by atoms with Gasteiger partial charge in [-0.15, -0.1) is 6.58 Å². The maximum atomic E-state index is 6.23. The molecule has 28 heavy (non-hydrogen) atoms. The second kappa shape index (κ2) is 11.1. The molecule has 1 aliphatic heterocycles. The third-order valence-corrected chi connectivity index (χ3v) is 4.59. The van der Waals surface area contributed by atoms with Gasteiger partial charge in [0, 0.05) is 7.11 Å². The number of ether oxygens (including phenoxy) is 5. The molecular weight excluding hydrogens is 356 g/mol. The summed E-state index contributed by atoms with van der Waals surface area (Å²) in [5.41, 5.74) is 2.18. The Morgan fingerprint density at radius 2 is 1.46 bits per heavy atom. The highest BCUT2D eigenvalue weighted by atomic mass is 16.7. The lowest BCUT2D eigenvalue weighted by Gasteiger charge is -2.24. The molecule has 4 atom stereocenters. The Morgan fingerprint density at radius 1 is 0.893 bits per heavy atom. The minimum absolute atomic E-state index is 0.283. The molecule has 0 aliphatic carbocycles. The smallest absolute Gasteiger partial charge is 0.186 e. The molecule has 0 unspecified atom stereocenters. The van der Waals surface area contributed by atoms with Crippen molar-refractivity contribution in [3.05, 3.63) is 84.4 Å². The molecule has 5 heteroatoms. The monoisotopic (exact) mass is 384 g/mol. The van der Waals surface area contributed by atoms with Gasteiger partial charge in [-0.25, -0.2) is 0 Å². The molecule has 0 N–H and O–H groups in total. The Bertz CT molecular complexity index is 691.